The van der Waals surface area contributed by atoms with Crippen molar-refractivity contribution in [1.82, 2.24) is 40.8 Å². The van der Waals surface area contributed by atoms with Crippen molar-refractivity contribution in [1.29, 1.82) is 0 Å². The van der Waals surface area contributed by atoms with Crippen LogP contribution in [0.3, 0.4) is 0 Å². The number of alkyl halides is 3. The summed E-state index contributed by atoms with van der Waals surface area (Å²) in [5.41, 5.74) is -1.90. The fourth-order valence-corrected chi connectivity index (χ4v) is 5.14. The van der Waals surface area contributed by atoms with Crippen LogP contribution in [-0.2, 0) is 6.18 Å². The highest BCUT2D eigenvalue weighted by atomic mass is 35.5. The van der Waals surface area contributed by atoms with Crippen molar-refractivity contribution in [2.24, 2.45) is 0 Å². The van der Waals surface area contributed by atoms with Gasteiger partial charge in [-0.2, -0.15) is 38.8 Å². The van der Waals surface area contributed by atoms with Crippen LogP contribution in [0.25, 0.3) is 11.5 Å². The maximum atomic E-state index is 14.7. The predicted molar refractivity (Wildman–Crippen MR) is 164 cm³/mol. The van der Waals surface area contributed by atoms with Gasteiger partial charge in [-0.15, -0.1) is 21.5 Å². The van der Waals surface area contributed by atoms with Crippen molar-refractivity contribution in [3.05, 3.63) is 91.2 Å². The van der Waals surface area contributed by atoms with Crippen LogP contribution in [0.5, 0.6) is 23.3 Å². The van der Waals surface area contributed by atoms with E-state index in [1.807, 2.05) is 0 Å². The lowest BCUT2D eigenvalue weighted by molar-refractivity contribution is -0.140. The summed E-state index contributed by atoms with van der Waals surface area (Å²) in [6.45, 7) is 1.51. The summed E-state index contributed by atoms with van der Waals surface area (Å²) in [7, 11) is 0. The molecular formula is C30H17ClF4N8O7S. The largest absolute Gasteiger partial charge is 0.437 e. The first kappa shape index (κ1) is 35.0. The summed E-state index contributed by atoms with van der Waals surface area (Å²) in [5, 5.41) is 56.3. The number of hydrogen-bond acceptors (Lipinski definition) is 14. The molecule has 0 amide bonds. The van der Waals surface area contributed by atoms with Crippen LogP contribution >= 0.6 is 22.9 Å². The third-order valence-corrected chi connectivity index (χ3v) is 7.44. The number of benzene rings is 2. The van der Waals surface area contributed by atoms with Crippen LogP contribution < -0.4 is 9.47 Å². The van der Waals surface area contributed by atoms with Gasteiger partial charge in [-0.25, -0.2) is 9.37 Å². The minimum Gasteiger partial charge on any atom is -0.436 e. The molecule has 0 aliphatic carbocycles. The van der Waals surface area contributed by atoms with E-state index in [4.69, 9.17) is 25.5 Å². The Kier molecular flexibility index (Phi) is 9.71. The molecule has 2 aromatic carbocycles. The topological polar surface area (TPSA) is 221 Å². The normalized spacial score (nSPS) is 11.4. The summed E-state index contributed by atoms with van der Waals surface area (Å²) in [4.78, 5) is 8.05. The minimum absolute atomic E-state index is 0.0140. The van der Waals surface area contributed by atoms with Gasteiger partial charge in [0.2, 0.25) is 12.6 Å². The summed E-state index contributed by atoms with van der Waals surface area (Å²) in [5.74, 6) is 7.22. The van der Waals surface area contributed by atoms with Gasteiger partial charge in [0, 0.05) is 21.0 Å². The first-order valence-corrected chi connectivity index (χ1v) is 15.0. The Morgan fingerprint density at radius 1 is 0.843 bits per heavy atom. The quantitative estimate of drug-likeness (QED) is 0.0754. The second-order valence-corrected chi connectivity index (χ2v) is 11.6. The zero-order valence-electron chi connectivity index (χ0n) is 25.1. The maximum absolute atomic E-state index is 14.7. The smallest absolute Gasteiger partial charge is 0.436 e. The number of aliphatic hydroxyl groups excluding tert-OH is 2. The molecular weight excluding hydrogens is 728 g/mol. The number of H-pyrrole nitrogens is 2. The molecule has 6 aromatic rings. The van der Waals surface area contributed by atoms with Gasteiger partial charge in [-0.1, -0.05) is 23.4 Å². The molecule has 0 saturated heterocycles. The van der Waals surface area contributed by atoms with Gasteiger partial charge >= 0.3 is 6.18 Å². The predicted octanol–water partition coefficient (Wildman–Crippen LogP) is 4.50. The molecule has 0 fully saturated rings. The number of aryl methyl sites for hydroxylation is 1. The number of thiazole rings is 1. The molecule has 0 saturated carbocycles. The number of hydrogen-bond donors (Lipinski definition) is 6. The second kappa shape index (κ2) is 14.2. The second-order valence-electron chi connectivity index (χ2n) is 9.92. The standard InChI is InChI=1S/C30H17ClF4N8O7S/c1-12-21(37-20(51-12)7-4-14-8-15(31)11-16(9-14)48-26-22(28(44)45)38-42-40-26)24-25(30(33,34)35)36-19(50-24)6-3-13-2-5-18(17(32)10-13)49-27-23(29(46)47)39-43-41-27/h2,5,8-11,28-29,44-47H,1H3,(H,38,40,42)(H,39,41,43). The van der Waals surface area contributed by atoms with Crippen molar-refractivity contribution in [3.63, 3.8) is 0 Å². The first-order valence-electron chi connectivity index (χ1n) is 13.8. The number of aliphatic hydroxyl groups is 4. The summed E-state index contributed by atoms with van der Waals surface area (Å²) in [6.07, 6.45) is -8.96. The summed E-state index contributed by atoms with van der Waals surface area (Å²) in [6, 6.07) is 7.68. The number of oxazole rings is 1. The van der Waals surface area contributed by atoms with E-state index >= 15 is 0 Å². The molecule has 0 atom stereocenters. The Morgan fingerprint density at radius 2 is 1.51 bits per heavy atom. The minimum atomic E-state index is -4.96. The lowest BCUT2D eigenvalue weighted by Crippen LogP contribution is -2.07. The van der Waals surface area contributed by atoms with Gasteiger partial charge in [0.25, 0.3) is 17.7 Å². The molecule has 15 nitrogen and oxygen atoms in total. The average Bonchev–Trinajstić information content (AvgIpc) is 3.86. The van der Waals surface area contributed by atoms with Gasteiger partial charge in [-0.3, -0.25) is 0 Å². The molecule has 21 heteroatoms. The van der Waals surface area contributed by atoms with Crippen molar-refractivity contribution in [2.75, 3.05) is 0 Å². The maximum Gasteiger partial charge on any atom is 0.437 e. The number of nitrogens with zero attached hydrogens (tertiary/aromatic N) is 6. The molecule has 6 rings (SSSR count). The zero-order valence-corrected chi connectivity index (χ0v) is 26.7. The highest BCUT2D eigenvalue weighted by molar-refractivity contribution is 7.12. The molecule has 0 aliphatic heterocycles. The van der Waals surface area contributed by atoms with E-state index in [-0.39, 0.29) is 50.1 Å². The summed E-state index contributed by atoms with van der Waals surface area (Å²) < 4.78 is 73.0. The molecule has 0 spiro atoms. The Morgan fingerprint density at radius 3 is 2.16 bits per heavy atom. The van der Waals surface area contributed by atoms with E-state index in [1.54, 1.807) is 0 Å². The lowest BCUT2D eigenvalue weighted by Gasteiger charge is -2.06. The van der Waals surface area contributed by atoms with Crippen LogP contribution in [0.4, 0.5) is 17.6 Å². The highest BCUT2D eigenvalue weighted by Crippen LogP contribution is 2.39. The average molecular weight is 745 g/mol. The van der Waals surface area contributed by atoms with Crippen LogP contribution in [0.15, 0.2) is 40.8 Å². The number of nitrogens with one attached hydrogen (secondary N) is 2. The SMILES string of the molecule is Cc1sc(C#Cc2cc(Cl)cc(Oc3n[nH]nc3C(O)O)c2)nc1-c1oc(C#Cc2ccc(Oc3n[nH]nc3C(O)O)c(F)c2)nc1C(F)(F)F. The monoisotopic (exact) mass is 744 g/mol. The Balaban J connectivity index is 1.24. The van der Waals surface area contributed by atoms with Gasteiger partial charge < -0.3 is 34.3 Å². The van der Waals surface area contributed by atoms with Crippen molar-refractivity contribution in [3.8, 4) is 58.4 Å². The number of ether oxygens (including phenoxy) is 2. The summed E-state index contributed by atoms with van der Waals surface area (Å²) >= 11 is 7.16. The van der Waals surface area contributed by atoms with Gasteiger partial charge in [0.15, 0.2) is 39.4 Å². The Bertz CT molecular complexity index is 2370. The Labute approximate surface area is 290 Å². The zero-order chi connectivity index (χ0) is 36.4. The van der Waals surface area contributed by atoms with Crippen molar-refractivity contribution < 1.29 is 51.9 Å². The third kappa shape index (κ3) is 7.97. The third-order valence-electron chi connectivity index (χ3n) is 6.33. The van der Waals surface area contributed by atoms with Crippen molar-refractivity contribution in [2.45, 2.75) is 25.7 Å². The van der Waals surface area contributed by atoms with E-state index in [0.717, 1.165) is 23.5 Å². The fourth-order valence-electron chi connectivity index (χ4n) is 4.15. The molecule has 4 aromatic heterocycles. The highest BCUT2D eigenvalue weighted by Gasteiger charge is 2.40. The molecule has 0 bridgehead atoms. The number of rotatable bonds is 7. The molecule has 51 heavy (non-hydrogen) atoms. The molecule has 0 radical (unpaired) electrons. The molecule has 0 unspecified atom stereocenters. The van der Waals surface area contributed by atoms with Crippen LogP contribution in [-0.4, -0.2) is 61.2 Å². The van der Waals surface area contributed by atoms with Gasteiger partial charge in [0.05, 0.1) is 0 Å². The van der Waals surface area contributed by atoms with E-state index in [9.17, 15) is 38.0 Å². The molecule has 4 heterocycles. The van der Waals surface area contributed by atoms with Crippen LogP contribution in [0, 0.1) is 36.4 Å². The fraction of sp³-hybridized carbons (Fsp3) is 0.133. The molecule has 0 aliphatic rings. The number of aromatic nitrogens is 8. The van der Waals surface area contributed by atoms with Crippen LogP contribution in [0.2, 0.25) is 5.02 Å². The first-order chi connectivity index (χ1) is 24.2. The van der Waals surface area contributed by atoms with E-state index < -0.39 is 47.8 Å². The lowest BCUT2D eigenvalue weighted by atomic mass is 10.2. The van der Waals surface area contributed by atoms with E-state index in [2.05, 4.69) is 64.5 Å². The number of halogens is 5. The Hall–Kier alpha value is -5.87. The number of aromatic amines is 2. The van der Waals surface area contributed by atoms with E-state index in [0.29, 0.717) is 10.4 Å². The molecule has 260 valence electrons. The van der Waals surface area contributed by atoms with E-state index in [1.165, 1.54) is 31.2 Å². The van der Waals surface area contributed by atoms with Crippen LogP contribution in [0.1, 0.15) is 56.6 Å². The van der Waals surface area contributed by atoms with Gasteiger partial charge in [0.1, 0.15) is 11.4 Å². The van der Waals surface area contributed by atoms with Crippen molar-refractivity contribution >= 4 is 22.9 Å². The molecule has 6 N–H and O–H groups in total. The van der Waals surface area contributed by atoms with Gasteiger partial charge in [-0.05, 0) is 55.2 Å².